The van der Waals surface area contributed by atoms with Crippen molar-refractivity contribution in [3.63, 3.8) is 0 Å². The molecule has 0 bridgehead atoms. The molecule has 1 fully saturated rings. The summed E-state index contributed by atoms with van der Waals surface area (Å²) >= 11 is 0. The molecule has 18 heavy (non-hydrogen) atoms. The second kappa shape index (κ2) is 6.54. The zero-order valence-electron chi connectivity index (χ0n) is 10.8. The topological polar surface area (TPSA) is 67.2 Å². The predicted molar refractivity (Wildman–Crippen MR) is 67.7 cm³/mol. The van der Waals surface area contributed by atoms with Gasteiger partial charge in [0, 0.05) is 12.5 Å². The molecule has 2 rings (SSSR count). The lowest BCUT2D eigenvalue weighted by molar-refractivity contribution is -0.122. The number of hydrogen-bond acceptors (Lipinski definition) is 4. The third kappa shape index (κ3) is 3.84. The van der Waals surface area contributed by atoms with Crippen LogP contribution in [0.5, 0.6) is 0 Å². The second-order valence-corrected chi connectivity index (χ2v) is 5.04. The Morgan fingerprint density at radius 3 is 3.28 bits per heavy atom. The van der Waals surface area contributed by atoms with Crippen molar-refractivity contribution >= 4 is 5.91 Å². The van der Waals surface area contributed by atoms with Crippen LogP contribution in [0.3, 0.4) is 0 Å². The summed E-state index contributed by atoms with van der Waals surface area (Å²) in [5.74, 6) is 1.82. The Kier molecular flexibility index (Phi) is 4.75. The van der Waals surface area contributed by atoms with Gasteiger partial charge in [0.15, 0.2) is 5.76 Å². The standard InChI is InChI=1S/C13H21N3O2/c1-10(11-3-2-5-14-8-11)7-13(17)15-9-12-4-6-16-18-12/h4,6,10-11,14H,2-3,5,7-9H2,1H3,(H,15,17). The van der Waals surface area contributed by atoms with E-state index >= 15 is 0 Å². The van der Waals surface area contributed by atoms with Crippen molar-refractivity contribution in [2.45, 2.75) is 32.7 Å². The van der Waals surface area contributed by atoms with Crippen LogP contribution in [0.1, 0.15) is 31.9 Å². The Labute approximate surface area is 107 Å². The summed E-state index contributed by atoms with van der Waals surface area (Å²) in [6, 6.07) is 1.76. The van der Waals surface area contributed by atoms with Crippen LogP contribution in [-0.4, -0.2) is 24.2 Å². The highest BCUT2D eigenvalue weighted by Crippen LogP contribution is 2.22. The van der Waals surface area contributed by atoms with Crippen molar-refractivity contribution in [3.8, 4) is 0 Å². The van der Waals surface area contributed by atoms with Crippen LogP contribution in [0.4, 0.5) is 0 Å². The molecule has 0 spiro atoms. The minimum atomic E-state index is 0.0875. The average molecular weight is 251 g/mol. The molecule has 100 valence electrons. The van der Waals surface area contributed by atoms with Crippen LogP contribution in [-0.2, 0) is 11.3 Å². The molecule has 5 heteroatoms. The van der Waals surface area contributed by atoms with E-state index in [1.54, 1.807) is 12.3 Å². The summed E-state index contributed by atoms with van der Waals surface area (Å²) in [6.45, 7) is 4.73. The van der Waals surface area contributed by atoms with E-state index in [4.69, 9.17) is 4.52 Å². The van der Waals surface area contributed by atoms with E-state index in [0.717, 1.165) is 13.1 Å². The minimum Gasteiger partial charge on any atom is -0.360 e. The minimum absolute atomic E-state index is 0.0875. The van der Waals surface area contributed by atoms with Gasteiger partial charge in [0.1, 0.15) is 0 Å². The van der Waals surface area contributed by atoms with Gasteiger partial charge >= 0.3 is 0 Å². The molecular formula is C13H21N3O2. The summed E-state index contributed by atoms with van der Waals surface area (Å²) < 4.78 is 4.93. The van der Waals surface area contributed by atoms with Gasteiger partial charge in [-0.1, -0.05) is 12.1 Å². The molecule has 5 nitrogen and oxygen atoms in total. The summed E-state index contributed by atoms with van der Waals surface area (Å²) in [5.41, 5.74) is 0. The van der Waals surface area contributed by atoms with Gasteiger partial charge in [-0.15, -0.1) is 0 Å². The van der Waals surface area contributed by atoms with Crippen molar-refractivity contribution in [2.24, 2.45) is 11.8 Å². The van der Waals surface area contributed by atoms with Gasteiger partial charge < -0.3 is 15.2 Å². The Morgan fingerprint density at radius 1 is 1.72 bits per heavy atom. The molecule has 1 amide bonds. The van der Waals surface area contributed by atoms with E-state index in [1.165, 1.54) is 12.8 Å². The van der Waals surface area contributed by atoms with Crippen LogP contribution in [0.15, 0.2) is 16.8 Å². The fourth-order valence-corrected chi connectivity index (χ4v) is 2.41. The van der Waals surface area contributed by atoms with Crippen LogP contribution >= 0.6 is 0 Å². The van der Waals surface area contributed by atoms with E-state index in [0.29, 0.717) is 30.6 Å². The summed E-state index contributed by atoms with van der Waals surface area (Å²) in [4.78, 5) is 11.8. The average Bonchev–Trinajstić information content (AvgIpc) is 2.90. The van der Waals surface area contributed by atoms with Crippen LogP contribution in [0, 0.1) is 11.8 Å². The smallest absolute Gasteiger partial charge is 0.220 e. The highest BCUT2D eigenvalue weighted by atomic mass is 16.5. The maximum atomic E-state index is 11.8. The number of carbonyl (C=O) groups excluding carboxylic acids is 1. The maximum absolute atomic E-state index is 11.8. The lowest BCUT2D eigenvalue weighted by atomic mass is 9.85. The van der Waals surface area contributed by atoms with E-state index < -0.39 is 0 Å². The van der Waals surface area contributed by atoms with E-state index in [-0.39, 0.29) is 5.91 Å². The number of carbonyl (C=O) groups is 1. The zero-order chi connectivity index (χ0) is 12.8. The number of amides is 1. The quantitative estimate of drug-likeness (QED) is 0.828. The molecule has 0 aromatic carbocycles. The summed E-state index contributed by atoms with van der Waals surface area (Å²) in [5, 5.41) is 9.85. The fraction of sp³-hybridized carbons (Fsp3) is 0.692. The van der Waals surface area contributed by atoms with Crippen molar-refractivity contribution in [2.75, 3.05) is 13.1 Å². The SMILES string of the molecule is CC(CC(=O)NCc1ccno1)C1CCCNC1. The Hall–Kier alpha value is -1.36. The molecule has 2 N–H and O–H groups in total. The zero-order valence-corrected chi connectivity index (χ0v) is 10.8. The first-order valence-corrected chi connectivity index (χ1v) is 6.62. The molecule has 2 atom stereocenters. The highest BCUT2D eigenvalue weighted by molar-refractivity contribution is 5.76. The lowest BCUT2D eigenvalue weighted by Crippen LogP contribution is -2.35. The normalized spacial score (nSPS) is 21.5. The van der Waals surface area contributed by atoms with Gasteiger partial charge in [0.05, 0.1) is 12.7 Å². The Balaban J connectivity index is 1.69. The molecule has 1 aliphatic heterocycles. The number of piperidine rings is 1. The van der Waals surface area contributed by atoms with Gasteiger partial charge in [-0.05, 0) is 37.8 Å². The molecule has 1 saturated heterocycles. The number of nitrogens with one attached hydrogen (secondary N) is 2. The molecule has 0 radical (unpaired) electrons. The van der Waals surface area contributed by atoms with Crippen molar-refractivity contribution in [3.05, 3.63) is 18.0 Å². The number of aromatic nitrogens is 1. The van der Waals surface area contributed by atoms with E-state index in [2.05, 4.69) is 22.7 Å². The Morgan fingerprint density at radius 2 is 2.61 bits per heavy atom. The summed E-state index contributed by atoms with van der Waals surface area (Å²) in [7, 11) is 0. The van der Waals surface area contributed by atoms with Gasteiger partial charge in [0.2, 0.25) is 5.91 Å². The lowest BCUT2D eigenvalue weighted by Gasteiger charge is -2.27. The van der Waals surface area contributed by atoms with E-state index in [9.17, 15) is 4.79 Å². The van der Waals surface area contributed by atoms with Crippen LogP contribution in [0.2, 0.25) is 0 Å². The third-order valence-electron chi connectivity index (χ3n) is 3.60. The van der Waals surface area contributed by atoms with E-state index in [1.807, 2.05) is 0 Å². The van der Waals surface area contributed by atoms with Crippen LogP contribution < -0.4 is 10.6 Å². The molecule has 2 heterocycles. The monoisotopic (exact) mass is 251 g/mol. The van der Waals surface area contributed by atoms with Gasteiger partial charge in [-0.25, -0.2) is 0 Å². The Bertz CT molecular complexity index is 358. The molecule has 1 aromatic heterocycles. The predicted octanol–water partition coefficient (Wildman–Crippen LogP) is 1.32. The third-order valence-corrected chi connectivity index (χ3v) is 3.60. The van der Waals surface area contributed by atoms with Crippen molar-refractivity contribution < 1.29 is 9.32 Å². The first kappa shape index (κ1) is 13.1. The largest absolute Gasteiger partial charge is 0.360 e. The molecular weight excluding hydrogens is 230 g/mol. The van der Waals surface area contributed by atoms with Crippen molar-refractivity contribution in [1.29, 1.82) is 0 Å². The first-order chi connectivity index (χ1) is 8.75. The molecule has 0 saturated carbocycles. The molecule has 1 aromatic rings. The molecule has 1 aliphatic rings. The second-order valence-electron chi connectivity index (χ2n) is 5.04. The number of hydrogen-bond donors (Lipinski definition) is 2. The van der Waals surface area contributed by atoms with Gasteiger partial charge in [-0.3, -0.25) is 4.79 Å². The highest BCUT2D eigenvalue weighted by Gasteiger charge is 2.21. The molecule has 2 unspecified atom stereocenters. The fourth-order valence-electron chi connectivity index (χ4n) is 2.41. The van der Waals surface area contributed by atoms with Crippen molar-refractivity contribution in [1.82, 2.24) is 15.8 Å². The van der Waals surface area contributed by atoms with Gasteiger partial charge in [0.25, 0.3) is 0 Å². The van der Waals surface area contributed by atoms with Crippen LogP contribution in [0.25, 0.3) is 0 Å². The molecule has 0 aliphatic carbocycles. The summed E-state index contributed by atoms with van der Waals surface area (Å²) in [6.07, 6.45) is 4.61. The number of nitrogens with zero attached hydrogens (tertiary/aromatic N) is 1. The number of rotatable bonds is 5. The van der Waals surface area contributed by atoms with Gasteiger partial charge in [-0.2, -0.15) is 0 Å². The first-order valence-electron chi connectivity index (χ1n) is 6.62. The maximum Gasteiger partial charge on any atom is 0.220 e.